The van der Waals surface area contributed by atoms with Gasteiger partial charge in [-0.15, -0.1) is 0 Å². The Morgan fingerprint density at radius 3 is 2.58 bits per heavy atom. The Morgan fingerprint density at radius 1 is 1.00 bits per heavy atom. The van der Waals surface area contributed by atoms with E-state index in [0.29, 0.717) is 6.54 Å². The molecule has 0 N–H and O–H groups in total. The Bertz CT molecular complexity index is 1370. The Balaban J connectivity index is 1.54. The minimum Gasteiger partial charge on any atom is -0.495 e. The Hall–Kier alpha value is -4.00. The number of halogens is 1. The van der Waals surface area contributed by atoms with Crippen molar-refractivity contribution in [3.05, 3.63) is 90.5 Å². The van der Waals surface area contributed by atoms with Crippen molar-refractivity contribution >= 4 is 10.9 Å². The van der Waals surface area contributed by atoms with E-state index in [1.54, 1.807) is 31.8 Å². The summed E-state index contributed by atoms with van der Waals surface area (Å²) in [6, 6.07) is 14.3. The highest BCUT2D eigenvalue weighted by atomic mass is 19.1. The van der Waals surface area contributed by atoms with Crippen LogP contribution in [0, 0.1) is 12.7 Å². The van der Waals surface area contributed by atoms with Crippen LogP contribution in [0.3, 0.4) is 0 Å². The first-order chi connectivity index (χ1) is 15.1. The zero-order valence-electron chi connectivity index (χ0n) is 17.2. The molecule has 0 saturated carbocycles. The normalized spacial score (nSPS) is 11.2. The molecule has 154 valence electrons. The minimum absolute atomic E-state index is 0.246. The van der Waals surface area contributed by atoms with Crippen LogP contribution in [0.25, 0.3) is 27.8 Å². The first-order valence-electron chi connectivity index (χ1n) is 9.87. The van der Waals surface area contributed by atoms with Crippen LogP contribution in [0.2, 0.25) is 0 Å². The van der Waals surface area contributed by atoms with Crippen LogP contribution in [-0.4, -0.2) is 31.4 Å². The lowest BCUT2D eigenvalue weighted by molar-refractivity contribution is 0.413. The second-order valence-electron chi connectivity index (χ2n) is 7.35. The molecule has 3 heterocycles. The second kappa shape index (κ2) is 7.68. The summed E-state index contributed by atoms with van der Waals surface area (Å²) in [7, 11) is 1.65. The first-order valence-corrected chi connectivity index (χ1v) is 9.87. The predicted molar refractivity (Wildman–Crippen MR) is 117 cm³/mol. The largest absolute Gasteiger partial charge is 0.495 e. The summed E-state index contributed by atoms with van der Waals surface area (Å²) in [5, 5.41) is 5.61. The molecule has 0 aliphatic rings. The molecule has 0 radical (unpaired) electrons. The lowest BCUT2D eigenvalue weighted by Crippen LogP contribution is -1.99. The third kappa shape index (κ3) is 3.66. The Kier molecular flexibility index (Phi) is 4.71. The van der Waals surface area contributed by atoms with Crippen LogP contribution >= 0.6 is 0 Å². The lowest BCUT2D eigenvalue weighted by Gasteiger charge is -2.11. The maximum atomic E-state index is 13.2. The monoisotopic (exact) mass is 413 g/mol. The molecule has 0 spiro atoms. The van der Waals surface area contributed by atoms with E-state index in [1.165, 1.54) is 12.1 Å². The number of fused-ring (bicyclic) bond motifs is 1. The second-order valence-corrected chi connectivity index (χ2v) is 7.35. The van der Waals surface area contributed by atoms with E-state index in [-0.39, 0.29) is 5.82 Å². The molecule has 0 amide bonds. The molecule has 0 aliphatic heterocycles. The number of hydrogen-bond acceptors (Lipinski definition) is 4. The van der Waals surface area contributed by atoms with Gasteiger partial charge in [0.05, 0.1) is 42.6 Å². The Labute approximate surface area is 178 Å². The van der Waals surface area contributed by atoms with Crippen LogP contribution in [0.1, 0.15) is 11.3 Å². The van der Waals surface area contributed by atoms with E-state index in [2.05, 4.69) is 15.1 Å². The standard InChI is InChI=1S/C24H20FN5O/c1-16-12-29(15-27-16)22-8-5-18(11-23(22)31-2)24-20-14-30(28-21(20)9-10-26-24)13-17-3-6-19(25)7-4-17/h3-12,14-15H,13H2,1-2H3. The number of rotatable bonds is 5. The topological polar surface area (TPSA) is 57.8 Å². The molecule has 31 heavy (non-hydrogen) atoms. The summed E-state index contributed by atoms with van der Waals surface area (Å²) in [5.41, 5.74) is 5.43. The fraction of sp³-hybridized carbons (Fsp3) is 0.125. The summed E-state index contributed by atoms with van der Waals surface area (Å²) < 4.78 is 22.6. The molecule has 6 nitrogen and oxygen atoms in total. The molecule has 5 aromatic rings. The molecule has 0 atom stereocenters. The van der Waals surface area contributed by atoms with E-state index in [4.69, 9.17) is 4.74 Å². The van der Waals surface area contributed by atoms with Crippen molar-refractivity contribution in [1.82, 2.24) is 24.3 Å². The Morgan fingerprint density at radius 2 is 1.84 bits per heavy atom. The third-order valence-corrected chi connectivity index (χ3v) is 5.18. The fourth-order valence-corrected chi connectivity index (χ4v) is 3.67. The molecule has 0 bridgehead atoms. The summed E-state index contributed by atoms with van der Waals surface area (Å²) >= 11 is 0. The van der Waals surface area contributed by atoms with Gasteiger partial charge in [-0.1, -0.05) is 18.2 Å². The van der Waals surface area contributed by atoms with Gasteiger partial charge in [0.25, 0.3) is 0 Å². The number of methoxy groups -OCH3 is 1. The van der Waals surface area contributed by atoms with Crippen molar-refractivity contribution < 1.29 is 9.13 Å². The van der Waals surface area contributed by atoms with Gasteiger partial charge in [0.15, 0.2) is 0 Å². The molecule has 2 aromatic carbocycles. The zero-order chi connectivity index (χ0) is 21.4. The summed E-state index contributed by atoms with van der Waals surface area (Å²) in [6.45, 7) is 2.50. The number of hydrogen-bond donors (Lipinski definition) is 0. The molecular weight excluding hydrogens is 393 g/mol. The minimum atomic E-state index is -0.246. The maximum Gasteiger partial charge on any atom is 0.143 e. The molecule has 0 saturated heterocycles. The molecule has 0 unspecified atom stereocenters. The summed E-state index contributed by atoms with van der Waals surface area (Å²) in [5.74, 6) is 0.483. The smallest absolute Gasteiger partial charge is 0.143 e. The van der Waals surface area contributed by atoms with E-state index in [1.807, 2.05) is 52.8 Å². The number of imidazole rings is 1. The van der Waals surface area contributed by atoms with Gasteiger partial charge < -0.3 is 9.30 Å². The predicted octanol–water partition coefficient (Wildman–Crippen LogP) is 4.79. The van der Waals surface area contributed by atoms with Crippen molar-refractivity contribution in [2.24, 2.45) is 0 Å². The van der Waals surface area contributed by atoms with E-state index >= 15 is 0 Å². The molecule has 0 fully saturated rings. The van der Waals surface area contributed by atoms with Gasteiger partial charge in [0, 0.05) is 29.5 Å². The van der Waals surface area contributed by atoms with Crippen LogP contribution < -0.4 is 4.74 Å². The highest BCUT2D eigenvalue weighted by Crippen LogP contribution is 2.32. The zero-order valence-corrected chi connectivity index (χ0v) is 17.2. The molecule has 7 heteroatoms. The number of nitrogens with zero attached hydrogens (tertiary/aromatic N) is 5. The molecule has 0 aliphatic carbocycles. The van der Waals surface area contributed by atoms with Gasteiger partial charge in [-0.05, 0) is 42.8 Å². The van der Waals surface area contributed by atoms with Crippen LogP contribution in [0.4, 0.5) is 4.39 Å². The van der Waals surface area contributed by atoms with Gasteiger partial charge in [0.2, 0.25) is 0 Å². The highest BCUT2D eigenvalue weighted by molar-refractivity contribution is 5.92. The number of pyridine rings is 1. The average Bonchev–Trinajstić information content (AvgIpc) is 3.40. The highest BCUT2D eigenvalue weighted by Gasteiger charge is 2.13. The van der Waals surface area contributed by atoms with E-state index in [9.17, 15) is 4.39 Å². The van der Waals surface area contributed by atoms with Crippen LogP contribution in [-0.2, 0) is 6.54 Å². The van der Waals surface area contributed by atoms with E-state index in [0.717, 1.165) is 44.9 Å². The van der Waals surface area contributed by atoms with Crippen LogP contribution in [0.15, 0.2) is 73.4 Å². The van der Waals surface area contributed by atoms with Crippen molar-refractivity contribution in [2.45, 2.75) is 13.5 Å². The number of benzene rings is 2. The number of aryl methyl sites for hydroxylation is 1. The molecular formula is C24H20FN5O. The fourth-order valence-electron chi connectivity index (χ4n) is 3.67. The van der Waals surface area contributed by atoms with Crippen molar-refractivity contribution in [2.75, 3.05) is 7.11 Å². The van der Waals surface area contributed by atoms with Gasteiger partial charge >= 0.3 is 0 Å². The summed E-state index contributed by atoms with van der Waals surface area (Å²) in [6.07, 6.45) is 7.45. The average molecular weight is 413 g/mol. The van der Waals surface area contributed by atoms with Crippen molar-refractivity contribution in [3.63, 3.8) is 0 Å². The van der Waals surface area contributed by atoms with Gasteiger partial charge in [0.1, 0.15) is 11.6 Å². The van der Waals surface area contributed by atoms with E-state index < -0.39 is 0 Å². The number of ether oxygens (including phenoxy) is 1. The van der Waals surface area contributed by atoms with Gasteiger partial charge in [-0.25, -0.2) is 9.37 Å². The first kappa shape index (κ1) is 19.0. The third-order valence-electron chi connectivity index (χ3n) is 5.18. The van der Waals surface area contributed by atoms with Gasteiger partial charge in [-0.3, -0.25) is 9.67 Å². The summed E-state index contributed by atoms with van der Waals surface area (Å²) in [4.78, 5) is 8.91. The van der Waals surface area contributed by atoms with Crippen LogP contribution in [0.5, 0.6) is 5.75 Å². The molecule has 5 rings (SSSR count). The maximum absolute atomic E-state index is 13.2. The lowest BCUT2D eigenvalue weighted by atomic mass is 10.1. The quantitative estimate of drug-likeness (QED) is 0.416. The van der Waals surface area contributed by atoms with Crippen molar-refractivity contribution in [3.8, 4) is 22.7 Å². The molecule has 3 aromatic heterocycles. The number of aromatic nitrogens is 5. The SMILES string of the molecule is COc1cc(-c2nccc3nn(Cc4ccc(F)cc4)cc23)ccc1-n1cnc(C)c1. The van der Waals surface area contributed by atoms with Gasteiger partial charge in [-0.2, -0.15) is 5.10 Å². The van der Waals surface area contributed by atoms with Crippen molar-refractivity contribution in [1.29, 1.82) is 0 Å².